The van der Waals surface area contributed by atoms with Gasteiger partial charge in [0.25, 0.3) is 5.91 Å². The Kier molecular flexibility index (Phi) is 3.85. The van der Waals surface area contributed by atoms with Crippen molar-refractivity contribution in [2.24, 2.45) is 0 Å². The van der Waals surface area contributed by atoms with Gasteiger partial charge < -0.3 is 4.84 Å². The smallest absolute Gasteiger partial charge is 0.329 e. The molecule has 0 N–H and O–H groups in total. The van der Waals surface area contributed by atoms with Crippen LogP contribution in [0.2, 0.25) is 0 Å². The maximum absolute atomic E-state index is 11.1. The highest BCUT2D eigenvalue weighted by Gasteiger charge is 2.12. The Morgan fingerprint density at radius 1 is 1.20 bits per heavy atom. The standard InChI is InChI=1S/C11H13NO3/c1-9(13)12(15-10(2)14)8-11-6-4-3-5-7-11/h3-7H,8H2,1-2H3. The van der Waals surface area contributed by atoms with Crippen molar-refractivity contribution in [3.8, 4) is 0 Å². The number of carbonyl (C=O) groups excluding carboxylic acids is 2. The van der Waals surface area contributed by atoms with Gasteiger partial charge in [0, 0.05) is 13.8 Å². The number of rotatable bonds is 2. The second-order valence-electron chi connectivity index (χ2n) is 3.12. The van der Waals surface area contributed by atoms with Gasteiger partial charge in [-0.05, 0) is 5.56 Å². The van der Waals surface area contributed by atoms with Crippen LogP contribution in [0.3, 0.4) is 0 Å². The maximum atomic E-state index is 11.1. The first-order chi connectivity index (χ1) is 7.09. The monoisotopic (exact) mass is 207 g/mol. The number of carbonyl (C=O) groups is 2. The number of hydrogen-bond donors (Lipinski definition) is 0. The fraction of sp³-hybridized carbons (Fsp3) is 0.273. The lowest BCUT2D eigenvalue weighted by Gasteiger charge is -2.18. The van der Waals surface area contributed by atoms with Gasteiger partial charge in [-0.3, -0.25) is 9.59 Å². The molecule has 0 aromatic heterocycles. The minimum absolute atomic E-state index is 0.274. The lowest BCUT2D eigenvalue weighted by molar-refractivity contribution is -0.197. The second kappa shape index (κ2) is 5.14. The molecule has 0 aliphatic heterocycles. The maximum Gasteiger partial charge on any atom is 0.329 e. The third-order valence-corrected chi connectivity index (χ3v) is 1.76. The van der Waals surface area contributed by atoms with Crippen LogP contribution in [0.5, 0.6) is 0 Å². The number of benzene rings is 1. The van der Waals surface area contributed by atoms with Crippen LogP contribution in [-0.2, 0) is 21.0 Å². The quantitative estimate of drug-likeness (QED) is 0.690. The molecule has 0 spiro atoms. The topological polar surface area (TPSA) is 46.6 Å². The number of nitrogens with zero attached hydrogens (tertiary/aromatic N) is 1. The van der Waals surface area contributed by atoms with E-state index in [1.165, 1.54) is 13.8 Å². The van der Waals surface area contributed by atoms with E-state index in [0.29, 0.717) is 0 Å². The van der Waals surface area contributed by atoms with E-state index in [1.54, 1.807) is 0 Å². The zero-order valence-electron chi connectivity index (χ0n) is 8.77. The van der Waals surface area contributed by atoms with E-state index < -0.39 is 5.97 Å². The van der Waals surface area contributed by atoms with Crippen LogP contribution >= 0.6 is 0 Å². The van der Waals surface area contributed by atoms with Crippen molar-refractivity contribution in [2.45, 2.75) is 20.4 Å². The number of hydrogen-bond acceptors (Lipinski definition) is 3. The van der Waals surface area contributed by atoms with Crippen molar-refractivity contribution in [3.63, 3.8) is 0 Å². The molecule has 0 bridgehead atoms. The molecule has 0 radical (unpaired) electrons. The van der Waals surface area contributed by atoms with Crippen molar-refractivity contribution >= 4 is 11.9 Å². The third-order valence-electron chi connectivity index (χ3n) is 1.76. The normalized spacial score (nSPS) is 9.47. The molecule has 15 heavy (non-hydrogen) atoms. The molecule has 0 saturated carbocycles. The van der Waals surface area contributed by atoms with Gasteiger partial charge >= 0.3 is 5.97 Å². The molecule has 1 aromatic carbocycles. The summed E-state index contributed by atoms with van der Waals surface area (Å²) in [6.45, 7) is 2.89. The van der Waals surface area contributed by atoms with Gasteiger partial charge in [0.15, 0.2) is 0 Å². The summed E-state index contributed by atoms with van der Waals surface area (Å²) in [5, 5.41) is 1.04. The summed E-state index contributed by atoms with van der Waals surface area (Å²) in [4.78, 5) is 26.6. The molecule has 0 unspecified atom stereocenters. The van der Waals surface area contributed by atoms with Crippen LogP contribution in [0.4, 0.5) is 0 Å². The molecule has 0 aliphatic rings. The second-order valence-corrected chi connectivity index (χ2v) is 3.12. The van der Waals surface area contributed by atoms with Crippen LogP contribution in [0.1, 0.15) is 19.4 Å². The Morgan fingerprint density at radius 3 is 2.27 bits per heavy atom. The lowest BCUT2D eigenvalue weighted by atomic mass is 10.2. The van der Waals surface area contributed by atoms with Crippen LogP contribution < -0.4 is 0 Å². The van der Waals surface area contributed by atoms with Gasteiger partial charge in [-0.1, -0.05) is 30.3 Å². The Morgan fingerprint density at radius 2 is 1.80 bits per heavy atom. The molecule has 4 heteroatoms. The van der Waals surface area contributed by atoms with Gasteiger partial charge in [-0.2, -0.15) is 5.06 Å². The molecule has 4 nitrogen and oxygen atoms in total. The summed E-state index contributed by atoms with van der Waals surface area (Å²) in [6.07, 6.45) is 0. The van der Waals surface area contributed by atoms with E-state index >= 15 is 0 Å². The summed E-state index contributed by atoms with van der Waals surface area (Å²) in [5.41, 5.74) is 0.911. The van der Waals surface area contributed by atoms with Crippen molar-refractivity contribution in [3.05, 3.63) is 35.9 Å². The molecular weight excluding hydrogens is 194 g/mol. The Labute approximate surface area is 88.4 Å². The first kappa shape index (κ1) is 11.2. The predicted octanol–water partition coefficient (Wildman–Crippen LogP) is 1.51. The Bertz CT molecular complexity index is 348. The van der Waals surface area contributed by atoms with Crippen molar-refractivity contribution < 1.29 is 14.4 Å². The number of hydroxylamine groups is 2. The van der Waals surface area contributed by atoms with Crippen molar-refractivity contribution in [2.75, 3.05) is 0 Å². The predicted molar refractivity (Wildman–Crippen MR) is 54.4 cm³/mol. The minimum atomic E-state index is -0.499. The highest BCUT2D eigenvalue weighted by Crippen LogP contribution is 2.05. The summed E-state index contributed by atoms with van der Waals surface area (Å²) in [6, 6.07) is 9.33. The van der Waals surface area contributed by atoms with Crippen LogP contribution in [-0.4, -0.2) is 16.9 Å². The lowest BCUT2D eigenvalue weighted by Crippen LogP contribution is -2.30. The molecule has 0 heterocycles. The van der Waals surface area contributed by atoms with E-state index in [2.05, 4.69) is 0 Å². The van der Waals surface area contributed by atoms with Crippen LogP contribution in [0, 0.1) is 0 Å². The summed E-state index contributed by atoms with van der Waals surface area (Å²) in [7, 11) is 0. The van der Waals surface area contributed by atoms with E-state index in [1.807, 2.05) is 30.3 Å². The van der Waals surface area contributed by atoms with Crippen molar-refractivity contribution in [1.82, 2.24) is 5.06 Å². The summed E-state index contributed by atoms with van der Waals surface area (Å²) in [5.74, 6) is -0.796. The van der Waals surface area contributed by atoms with E-state index in [-0.39, 0.29) is 12.5 Å². The fourth-order valence-corrected chi connectivity index (χ4v) is 1.11. The molecule has 0 fully saturated rings. The van der Waals surface area contributed by atoms with Crippen molar-refractivity contribution in [1.29, 1.82) is 0 Å². The highest BCUT2D eigenvalue weighted by molar-refractivity contribution is 5.75. The summed E-state index contributed by atoms with van der Waals surface area (Å²) >= 11 is 0. The van der Waals surface area contributed by atoms with E-state index in [9.17, 15) is 9.59 Å². The molecule has 0 saturated heterocycles. The summed E-state index contributed by atoms with van der Waals surface area (Å²) < 4.78 is 0. The van der Waals surface area contributed by atoms with Gasteiger partial charge in [0.2, 0.25) is 0 Å². The molecule has 1 rings (SSSR count). The average Bonchev–Trinajstić information content (AvgIpc) is 2.17. The third kappa shape index (κ3) is 3.81. The fourth-order valence-electron chi connectivity index (χ4n) is 1.11. The van der Waals surface area contributed by atoms with E-state index in [0.717, 1.165) is 10.6 Å². The highest BCUT2D eigenvalue weighted by atomic mass is 16.7. The molecule has 0 aliphatic carbocycles. The SMILES string of the molecule is CC(=O)ON(Cc1ccccc1)C(C)=O. The van der Waals surface area contributed by atoms with Gasteiger partial charge in [0.1, 0.15) is 0 Å². The zero-order chi connectivity index (χ0) is 11.3. The average molecular weight is 207 g/mol. The number of amides is 1. The molecule has 1 amide bonds. The minimum Gasteiger partial charge on any atom is -0.338 e. The van der Waals surface area contributed by atoms with Crippen LogP contribution in [0.25, 0.3) is 0 Å². The van der Waals surface area contributed by atoms with Gasteiger partial charge in [0.05, 0.1) is 6.54 Å². The molecule has 80 valence electrons. The first-order valence-corrected chi connectivity index (χ1v) is 4.60. The largest absolute Gasteiger partial charge is 0.338 e. The zero-order valence-corrected chi connectivity index (χ0v) is 8.77. The Hall–Kier alpha value is -1.84. The van der Waals surface area contributed by atoms with Gasteiger partial charge in [-0.25, -0.2) is 0 Å². The van der Waals surface area contributed by atoms with E-state index in [4.69, 9.17) is 4.84 Å². The van der Waals surface area contributed by atoms with Gasteiger partial charge in [-0.15, -0.1) is 0 Å². The molecular formula is C11H13NO3. The Balaban J connectivity index is 2.67. The molecule has 1 aromatic rings. The first-order valence-electron chi connectivity index (χ1n) is 4.60. The van der Waals surface area contributed by atoms with Crippen LogP contribution in [0.15, 0.2) is 30.3 Å². The molecule has 0 atom stereocenters.